The number of fused-ring (bicyclic) bond motifs is 2. The maximum absolute atomic E-state index is 11.7. The van der Waals surface area contributed by atoms with Crippen molar-refractivity contribution < 1.29 is 14.3 Å². The molecule has 82 valence electrons. The summed E-state index contributed by atoms with van der Waals surface area (Å²) in [4.78, 5) is 25.1. The number of ether oxygens (including phenoxy) is 1. The molecule has 5 nitrogen and oxygen atoms in total. The lowest BCUT2D eigenvalue weighted by Gasteiger charge is -2.32. The number of carbonyl (C=O) groups is 2. The zero-order valence-electron chi connectivity index (χ0n) is 8.82. The smallest absolute Gasteiger partial charge is 0.310 e. The maximum Gasteiger partial charge on any atom is 0.310 e. The summed E-state index contributed by atoms with van der Waals surface area (Å²) in [6.07, 6.45) is 0.603. The van der Waals surface area contributed by atoms with Gasteiger partial charge in [-0.25, -0.2) is 0 Å². The first-order valence-corrected chi connectivity index (χ1v) is 4.85. The molecule has 2 fully saturated rings. The minimum Gasteiger partial charge on any atom is -0.469 e. The minimum atomic E-state index is -0.409. The number of hydrogen-bond acceptors (Lipinski definition) is 4. The van der Waals surface area contributed by atoms with E-state index in [1.165, 1.54) is 7.11 Å². The van der Waals surface area contributed by atoms with Crippen molar-refractivity contribution in [1.82, 2.24) is 10.2 Å². The molecule has 2 rings (SSSR count). The molecule has 5 heteroatoms. The first kappa shape index (κ1) is 10.2. The van der Waals surface area contributed by atoms with Gasteiger partial charge in [-0.3, -0.25) is 14.5 Å². The van der Waals surface area contributed by atoms with Crippen LogP contribution in [-0.2, 0) is 14.3 Å². The van der Waals surface area contributed by atoms with Gasteiger partial charge in [0, 0.05) is 5.70 Å². The average molecular weight is 210 g/mol. The van der Waals surface area contributed by atoms with Gasteiger partial charge in [-0.2, -0.15) is 0 Å². The van der Waals surface area contributed by atoms with E-state index in [0.717, 1.165) is 0 Å². The van der Waals surface area contributed by atoms with Gasteiger partial charge in [0.15, 0.2) is 0 Å². The highest BCUT2D eigenvalue weighted by Crippen LogP contribution is 2.35. The van der Waals surface area contributed by atoms with Crippen LogP contribution in [0.2, 0.25) is 0 Å². The summed E-state index contributed by atoms with van der Waals surface area (Å²) in [5.74, 6) is -0.852. The van der Waals surface area contributed by atoms with E-state index in [-0.39, 0.29) is 23.8 Å². The Hall–Kier alpha value is -1.36. The van der Waals surface area contributed by atoms with E-state index >= 15 is 0 Å². The Morgan fingerprint density at radius 3 is 2.93 bits per heavy atom. The first-order valence-electron chi connectivity index (χ1n) is 4.85. The van der Waals surface area contributed by atoms with E-state index in [0.29, 0.717) is 12.1 Å². The largest absolute Gasteiger partial charge is 0.469 e. The fraction of sp³-hybridized carbons (Fsp3) is 0.600. The van der Waals surface area contributed by atoms with Gasteiger partial charge in [0.25, 0.3) is 0 Å². The van der Waals surface area contributed by atoms with Crippen molar-refractivity contribution in [3.05, 3.63) is 12.3 Å². The molecule has 3 atom stereocenters. The van der Waals surface area contributed by atoms with Crippen LogP contribution in [-0.4, -0.2) is 43.0 Å². The molecule has 0 aromatic rings. The molecule has 0 aliphatic carbocycles. The summed E-state index contributed by atoms with van der Waals surface area (Å²) in [5.41, 5.74) is 0.671. The van der Waals surface area contributed by atoms with Crippen molar-refractivity contribution in [3.8, 4) is 0 Å². The molecule has 0 spiro atoms. The standard InChI is InChI=1S/C10H14N2O3/c1-5-7-4-6(10(14)15-3)8(12(7)2)9(13)11-5/h6-8H,1,4H2,2-3H3,(H,11,13)/t6-,7+,8-/m1/s1. The molecule has 15 heavy (non-hydrogen) atoms. The lowest BCUT2D eigenvalue weighted by molar-refractivity contribution is -0.148. The summed E-state index contributed by atoms with van der Waals surface area (Å²) in [6.45, 7) is 3.79. The van der Waals surface area contributed by atoms with Crippen molar-refractivity contribution in [1.29, 1.82) is 0 Å². The Balaban J connectivity index is 2.30. The average Bonchev–Trinajstić information content (AvgIpc) is 2.46. The third kappa shape index (κ3) is 1.34. The van der Waals surface area contributed by atoms with Crippen LogP contribution in [0, 0.1) is 5.92 Å². The fourth-order valence-electron chi connectivity index (χ4n) is 2.46. The van der Waals surface area contributed by atoms with E-state index < -0.39 is 6.04 Å². The van der Waals surface area contributed by atoms with Crippen LogP contribution in [0.1, 0.15) is 6.42 Å². The van der Waals surface area contributed by atoms with E-state index in [1.807, 2.05) is 11.9 Å². The lowest BCUT2D eigenvalue weighted by atomic mass is 10.00. The predicted molar refractivity (Wildman–Crippen MR) is 52.7 cm³/mol. The number of likely N-dealkylation sites (N-methyl/N-ethyl adjacent to an activating group) is 1. The Morgan fingerprint density at radius 1 is 1.67 bits per heavy atom. The normalized spacial score (nSPS) is 35.2. The number of rotatable bonds is 1. The summed E-state index contributed by atoms with van der Waals surface area (Å²) in [5, 5.41) is 2.70. The van der Waals surface area contributed by atoms with Crippen molar-refractivity contribution >= 4 is 11.9 Å². The third-order valence-corrected chi connectivity index (χ3v) is 3.25. The second kappa shape index (κ2) is 3.34. The van der Waals surface area contributed by atoms with E-state index in [4.69, 9.17) is 4.74 Å². The van der Waals surface area contributed by atoms with Crippen molar-refractivity contribution in [2.24, 2.45) is 5.92 Å². The molecule has 2 bridgehead atoms. The van der Waals surface area contributed by atoms with Crippen LogP contribution in [0.4, 0.5) is 0 Å². The van der Waals surface area contributed by atoms with Crippen LogP contribution in [0.25, 0.3) is 0 Å². The molecule has 0 radical (unpaired) electrons. The quantitative estimate of drug-likeness (QED) is 0.592. The maximum atomic E-state index is 11.7. The molecular weight excluding hydrogens is 196 g/mol. The molecule has 2 aliphatic rings. The van der Waals surface area contributed by atoms with Crippen LogP contribution >= 0.6 is 0 Å². The number of piperazine rings is 1. The number of nitrogens with zero attached hydrogens (tertiary/aromatic N) is 1. The second-order valence-corrected chi connectivity index (χ2v) is 4.01. The van der Waals surface area contributed by atoms with Gasteiger partial charge in [0.05, 0.1) is 19.1 Å². The lowest BCUT2D eigenvalue weighted by Crippen LogP contribution is -2.53. The number of carbonyl (C=O) groups excluding carboxylic acids is 2. The SMILES string of the molecule is C=C1NC(=O)[C@H]2[C@H](C(=O)OC)C[C@@H]1N2C. The zero-order chi connectivity index (χ0) is 11.2. The second-order valence-electron chi connectivity index (χ2n) is 4.01. The molecule has 0 unspecified atom stereocenters. The van der Waals surface area contributed by atoms with Crippen molar-refractivity contribution in [2.45, 2.75) is 18.5 Å². The summed E-state index contributed by atoms with van der Waals surface area (Å²) in [6, 6.07) is -0.357. The Kier molecular flexibility index (Phi) is 2.26. The predicted octanol–water partition coefficient (Wildman–Crippen LogP) is -0.508. The number of amides is 1. The minimum absolute atomic E-state index is 0.0526. The molecule has 0 saturated carbocycles. The zero-order valence-corrected chi connectivity index (χ0v) is 8.82. The fourth-order valence-corrected chi connectivity index (χ4v) is 2.46. The first-order chi connectivity index (χ1) is 7.06. The van der Waals surface area contributed by atoms with E-state index in [9.17, 15) is 9.59 Å². The molecule has 2 saturated heterocycles. The summed E-state index contributed by atoms with van der Waals surface area (Å²) >= 11 is 0. The Morgan fingerprint density at radius 2 is 2.33 bits per heavy atom. The number of hydrogen-bond donors (Lipinski definition) is 1. The van der Waals surface area contributed by atoms with Gasteiger partial charge < -0.3 is 10.1 Å². The Bertz CT molecular complexity index is 340. The van der Waals surface area contributed by atoms with Gasteiger partial charge in [-0.1, -0.05) is 6.58 Å². The van der Waals surface area contributed by atoms with Crippen LogP contribution in [0.15, 0.2) is 12.3 Å². The van der Waals surface area contributed by atoms with Crippen LogP contribution in [0.3, 0.4) is 0 Å². The van der Waals surface area contributed by atoms with Gasteiger partial charge in [-0.15, -0.1) is 0 Å². The van der Waals surface area contributed by atoms with Gasteiger partial charge in [-0.05, 0) is 13.5 Å². The van der Waals surface area contributed by atoms with Crippen molar-refractivity contribution in [3.63, 3.8) is 0 Å². The number of methoxy groups -OCH3 is 1. The molecule has 1 amide bonds. The number of esters is 1. The summed E-state index contributed by atoms with van der Waals surface area (Å²) < 4.78 is 4.70. The van der Waals surface area contributed by atoms with Crippen LogP contribution in [0.5, 0.6) is 0 Å². The monoisotopic (exact) mass is 210 g/mol. The molecule has 2 aliphatic heterocycles. The van der Waals surface area contributed by atoms with E-state index in [1.54, 1.807) is 0 Å². The Labute approximate surface area is 88.1 Å². The third-order valence-electron chi connectivity index (χ3n) is 3.25. The van der Waals surface area contributed by atoms with Gasteiger partial charge in [0.1, 0.15) is 6.04 Å². The highest BCUT2D eigenvalue weighted by molar-refractivity contribution is 5.91. The highest BCUT2D eigenvalue weighted by Gasteiger charge is 2.51. The highest BCUT2D eigenvalue weighted by atomic mass is 16.5. The van der Waals surface area contributed by atoms with Gasteiger partial charge in [0.2, 0.25) is 5.91 Å². The van der Waals surface area contributed by atoms with Crippen LogP contribution < -0.4 is 5.32 Å². The van der Waals surface area contributed by atoms with Crippen molar-refractivity contribution in [2.75, 3.05) is 14.2 Å². The number of nitrogens with one attached hydrogen (secondary N) is 1. The molecule has 2 heterocycles. The van der Waals surface area contributed by atoms with Gasteiger partial charge >= 0.3 is 5.97 Å². The van der Waals surface area contributed by atoms with E-state index in [2.05, 4.69) is 11.9 Å². The summed E-state index contributed by atoms with van der Waals surface area (Å²) in [7, 11) is 3.18. The molecule has 0 aromatic carbocycles. The molecular formula is C10H14N2O3. The molecule has 1 N–H and O–H groups in total. The topological polar surface area (TPSA) is 58.6 Å². The molecule has 0 aromatic heterocycles.